The van der Waals surface area contributed by atoms with Crippen molar-refractivity contribution in [2.75, 3.05) is 28.4 Å². The van der Waals surface area contributed by atoms with Crippen LogP contribution in [0.2, 0.25) is 0 Å². The van der Waals surface area contributed by atoms with Gasteiger partial charge in [-0.05, 0) is 37.1 Å². The monoisotopic (exact) mass is 382 g/mol. The quantitative estimate of drug-likeness (QED) is 0.781. The number of benzene rings is 2. The third kappa shape index (κ3) is 2.91. The number of Topliss-reactive ketones (excluding diaryl/α,β-unsaturated/α-hetero) is 1. The largest absolute Gasteiger partial charge is 0.496 e. The molecule has 6 heteroatoms. The highest BCUT2D eigenvalue weighted by molar-refractivity contribution is 6.26. The molecule has 0 saturated carbocycles. The Morgan fingerprint density at radius 1 is 0.679 bits per heavy atom. The zero-order valence-corrected chi connectivity index (χ0v) is 16.8. The standard InChI is InChI=1S/C22H22O6/c1-11-7-13-15(23)9-19(28-6)22(24)21(13)20(12(11)2)14-8-17(26-4)18(27-5)10-16(14)25-3/h7-10H,1-6H3. The minimum Gasteiger partial charge on any atom is -0.496 e. The van der Waals surface area contributed by atoms with Crippen molar-refractivity contribution in [1.29, 1.82) is 0 Å². The number of allylic oxidation sites excluding steroid dienone is 2. The van der Waals surface area contributed by atoms with Crippen LogP contribution in [0, 0.1) is 13.8 Å². The summed E-state index contributed by atoms with van der Waals surface area (Å²) in [5.74, 6) is 0.901. The summed E-state index contributed by atoms with van der Waals surface area (Å²) in [6.45, 7) is 3.81. The smallest absolute Gasteiger partial charge is 0.229 e. The van der Waals surface area contributed by atoms with Gasteiger partial charge in [-0.1, -0.05) is 0 Å². The van der Waals surface area contributed by atoms with Crippen LogP contribution in [0.25, 0.3) is 11.1 Å². The molecule has 2 aromatic carbocycles. The molecule has 146 valence electrons. The first-order valence-corrected chi connectivity index (χ1v) is 8.67. The molecule has 0 fully saturated rings. The summed E-state index contributed by atoms with van der Waals surface area (Å²) < 4.78 is 21.5. The van der Waals surface area contributed by atoms with E-state index in [-0.39, 0.29) is 17.3 Å². The lowest BCUT2D eigenvalue weighted by molar-refractivity contribution is 0.0917. The number of ketones is 2. The Morgan fingerprint density at radius 2 is 1.29 bits per heavy atom. The van der Waals surface area contributed by atoms with Crippen LogP contribution >= 0.6 is 0 Å². The molecule has 0 aromatic heterocycles. The fraction of sp³-hybridized carbons (Fsp3) is 0.273. The molecular formula is C22H22O6. The molecule has 0 bridgehead atoms. The van der Waals surface area contributed by atoms with Gasteiger partial charge in [-0.3, -0.25) is 9.59 Å². The predicted molar refractivity (Wildman–Crippen MR) is 105 cm³/mol. The Kier molecular flexibility index (Phi) is 5.14. The molecule has 28 heavy (non-hydrogen) atoms. The topological polar surface area (TPSA) is 71.1 Å². The summed E-state index contributed by atoms with van der Waals surface area (Å²) in [5.41, 5.74) is 3.66. The number of aryl methyl sites for hydroxylation is 1. The third-order valence-electron chi connectivity index (χ3n) is 5.02. The molecule has 0 heterocycles. The van der Waals surface area contributed by atoms with Gasteiger partial charge < -0.3 is 18.9 Å². The number of hydrogen-bond acceptors (Lipinski definition) is 6. The van der Waals surface area contributed by atoms with Crippen LogP contribution < -0.4 is 14.2 Å². The maximum Gasteiger partial charge on any atom is 0.229 e. The zero-order valence-electron chi connectivity index (χ0n) is 16.8. The van der Waals surface area contributed by atoms with Crippen molar-refractivity contribution < 1.29 is 28.5 Å². The van der Waals surface area contributed by atoms with E-state index in [2.05, 4.69) is 0 Å². The Morgan fingerprint density at radius 3 is 1.86 bits per heavy atom. The lowest BCUT2D eigenvalue weighted by Gasteiger charge is -2.23. The van der Waals surface area contributed by atoms with Gasteiger partial charge in [0.05, 0.1) is 28.4 Å². The molecule has 3 rings (SSSR count). The van der Waals surface area contributed by atoms with Gasteiger partial charge in [-0.25, -0.2) is 0 Å². The highest BCUT2D eigenvalue weighted by Gasteiger charge is 2.32. The molecule has 0 saturated heterocycles. The minimum absolute atomic E-state index is 0.0152. The Balaban J connectivity index is 2.42. The van der Waals surface area contributed by atoms with E-state index in [0.717, 1.165) is 11.1 Å². The van der Waals surface area contributed by atoms with E-state index in [1.165, 1.54) is 34.5 Å². The van der Waals surface area contributed by atoms with E-state index in [9.17, 15) is 9.59 Å². The van der Waals surface area contributed by atoms with Gasteiger partial charge in [0.1, 0.15) is 5.75 Å². The van der Waals surface area contributed by atoms with Gasteiger partial charge in [0.25, 0.3) is 0 Å². The molecular weight excluding hydrogens is 360 g/mol. The molecule has 1 aliphatic rings. The van der Waals surface area contributed by atoms with Crippen LogP contribution in [0.1, 0.15) is 31.8 Å². The van der Waals surface area contributed by atoms with Crippen LogP contribution in [0.15, 0.2) is 30.0 Å². The van der Waals surface area contributed by atoms with E-state index in [0.29, 0.717) is 39.5 Å². The highest BCUT2D eigenvalue weighted by atomic mass is 16.5. The number of carbonyl (C=O) groups excluding carboxylic acids is 2. The molecule has 0 amide bonds. The molecule has 1 aliphatic carbocycles. The Labute approximate surface area is 163 Å². The summed E-state index contributed by atoms with van der Waals surface area (Å²) in [6.07, 6.45) is 1.23. The van der Waals surface area contributed by atoms with E-state index in [1.807, 2.05) is 13.8 Å². The van der Waals surface area contributed by atoms with Gasteiger partial charge in [-0.15, -0.1) is 0 Å². The number of methoxy groups -OCH3 is 4. The van der Waals surface area contributed by atoms with E-state index in [4.69, 9.17) is 18.9 Å². The summed E-state index contributed by atoms with van der Waals surface area (Å²) in [6, 6.07) is 5.19. The molecule has 2 aromatic rings. The van der Waals surface area contributed by atoms with Gasteiger partial charge >= 0.3 is 0 Å². The lowest BCUT2D eigenvalue weighted by Crippen LogP contribution is -2.20. The highest BCUT2D eigenvalue weighted by Crippen LogP contribution is 2.45. The van der Waals surface area contributed by atoms with E-state index < -0.39 is 0 Å². The molecule has 0 spiro atoms. The SMILES string of the molecule is COC1=CC(=O)c2cc(C)c(C)c(-c3cc(OC)c(OC)cc3OC)c2C1=O. The maximum atomic E-state index is 13.1. The van der Waals surface area contributed by atoms with E-state index >= 15 is 0 Å². The lowest BCUT2D eigenvalue weighted by atomic mass is 9.82. The van der Waals surface area contributed by atoms with Crippen molar-refractivity contribution in [1.82, 2.24) is 0 Å². The number of rotatable bonds is 5. The molecule has 0 unspecified atom stereocenters. The second-order valence-corrected chi connectivity index (χ2v) is 6.43. The predicted octanol–water partition coefficient (Wildman–Crippen LogP) is 3.91. The zero-order chi connectivity index (χ0) is 20.6. The van der Waals surface area contributed by atoms with Crippen LogP contribution in [0.5, 0.6) is 17.2 Å². The summed E-state index contributed by atoms with van der Waals surface area (Å²) in [7, 11) is 5.98. The summed E-state index contributed by atoms with van der Waals surface area (Å²) in [4.78, 5) is 25.7. The Bertz CT molecular complexity index is 1020. The third-order valence-corrected chi connectivity index (χ3v) is 5.02. The number of fused-ring (bicyclic) bond motifs is 1. The first-order valence-electron chi connectivity index (χ1n) is 8.67. The fourth-order valence-electron chi connectivity index (χ4n) is 3.44. The van der Waals surface area contributed by atoms with Gasteiger partial charge in [0.15, 0.2) is 23.0 Å². The average molecular weight is 382 g/mol. The maximum absolute atomic E-state index is 13.1. The first kappa shape index (κ1) is 19.5. The van der Waals surface area contributed by atoms with Crippen LogP contribution in [0.4, 0.5) is 0 Å². The van der Waals surface area contributed by atoms with Crippen molar-refractivity contribution >= 4 is 11.6 Å². The van der Waals surface area contributed by atoms with Crippen molar-refractivity contribution in [3.8, 4) is 28.4 Å². The van der Waals surface area contributed by atoms with Crippen molar-refractivity contribution in [2.24, 2.45) is 0 Å². The molecule has 0 atom stereocenters. The summed E-state index contributed by atoms with van der Waals surface area (Å²) >= 11 is 0. The molecule has 0 aliphatic heterocycles. The second kappa shape index (κ2) is 7.38. The van der Waals surface area contributed by atoms with Gasteiger partial charge in [0, 0.05) is 34.4 Å². The first-order chi connectivity index (χ1) is 13.4. The molecule has 0 N–H and O–H groups in total. The van der Waals surface area contributed by atoms with Gasteiger partial charge in [-0.2, -0.15) is 0 Å². The van der Waals surface area contributed by atoms with Crippen LogP contribution in [-0.2, 0) is 4.74 Å². The van der Waals surface area contributed by atoms with Crippen LogP contribution in [-0.4, -0.2) is 40.0 Å². The van der Waals surface area contributed by atoms with Crippen molar-refractivity contribution in [3.63, 3.8) is 0 Å². The van der Waals surface area contributed by atoms with Crippen molar-refractivity contribution in [2.45, 2.75) is 13.8 Å². The summed E-state index contributed by atoms with van der Waals surface area (Å²) in [5, 5.41) is 0. The second-order valence-electron chi connectivity index (χ2n) is 6.43. The number of carbonyl (C=O) groups is 2. The Hall–Kier alpha value is -3.28. The van der Waals surface area contributed by atoms with Crippen LogP contribution in [0.3, 0.4) is 0 Å². The van der Waals surface area contributed by atoms with E-state index in [1.54, 1.807) is 18.2 Å². The molecule has 6 nitrogen and oxygen atoms in total. The van der Waals surface area contributed by atoms with Crippen molar-refractivity contribution in [3.05, 3.63) is 52.3 Å². The van der Waals surface area contributed by atoms with Gasteiger partial charge in [0.2, 0.25) is 5.78 Å². The number of hydrogen-bond donors (Lipinski definition) is 0. The fourth-order valence-corrected chi connectivity index (χ4v) is 3.44. The molecule has 0 radical (unpaired) electrons. The number of ether oxygens (including phenoxy) is 4. The minimum atomic E-state index is -0.341. The normalized spacial score (nSPS) is 13.0. The average Bonchev–Trinajstić information content (AvgIpc) is 2.70.